The number of hydrogen-bond acceptors (Lipinski definition) is 9. The number of thioether (sulfide) groups is 1. The topological polar surface area (TPSA) is 102 Å². The van der Waals surface area contributed by atoms with E-state index in [-0.39, 0.29) is 5.56 Å². The molecule has 0 saturated heterocycles. The maximum Gasteiger partial charge on any atom is 0.262 e. The third-order valence-electron chi connectivity index (χ3n) is 5.76. The van der Waals surface area contributed by atoms with Crippen LogP contribution in [0.1, 0.15) is 11.5 Å². The summed E-state index contributed by atoms with van der Waals surface area (Å²) >= 11 is 1.36. The van der Waals surface area contributed by atoms with Gasteiger partial charge >= 0.3 is 0 Å². The Balaban J connectivity index is 1.42. The summed E-state index contributed by atoms with van der Waals surface area (Å²) in [4.78, 5) is 22.7. The molecule has 0 amide bonds. The first-order valence-corrected chi connectivity index (χ1v) is 12.4. The van der Waals surface area contributed by atoms with Crippen molar-refractivity contribution >= 4 is 22.7 Å². The van der Waals surface area contributed by atoms with Crippen LogP contribution >= 0.6 is 11.8 Å². The maximum absolute atomic E-state index is 13.4. The van der Waals surface area contributed by atoms with E-state index < -0.39 is 0 Å². The molecule has 5 rings (SSSR count). The van der Waals surface area contributed by atoms with E-state index in [0.29, 0.717) is 51.6 Å². The third-order valence-corrected chi connectivity index (χ3v) is 6.72. The highest BCUT2D eigenvalue weighted by Crippen LogP contribution is 2.31. The van der Waals surface area contributed by atoms with Crippen LogP contribution in [0.4, 0.5) is 0 Å². The van der Waals surface area contributed by atoms with Gasteiger partial charge in [0.2, 0.25) is 11.7 Å². The molecule has 0 saturated carbocycles. The van der Waals surface area contributed by atoms with Crippen molar-refractivity contribution in [2.75, 3.05) is 21.3 Å². The molecule has 0 atom stereocenters. The van der Waals surface area contributed by atoms with E-state index in [9.17, 15) is 4.79 Å². The number of fused-ring (bicyclic) bond motifs is 1. The molecule has 0 N–H and O–H groups in total. The third kappa shape index (κ3) is 5.14. The van der Waals surface area contributed by atoms with Gasteiger partial charge in [-0.05, 0) is 48.0 Å². The summed E-state index contributed by atoms with van der Waals surface area (Å²) in [6.45, 7) is 0.365. The normalized spacial score (nSPS) is 11.0. The van der Waals surface area contributed by atoms with Gasteiger partial charge in [0.05, 0.1) is 44.5 Å². The SMILES string of the molecule is COc1ccc(Cn2c(SCc3nc(-c4ccc(OC)c(OC)c4)no3)nc3ccccc3c2=O)cc1. The molecule has 0 aliphatic heterocycles. The van der Waals surface area contributed by atoms with Crippen molar-refractivity contribution < 1.29 is 18.7 Å². The molecule has 0 radical (unpaired) electrons. The first-order valence-electron chi connectivity index (χ1n) is 11.4. The lowest BCUT2D eigenvalue weighted by Gasteiger charge is -2.13. The van der Waals surface area contributed by atoms with Crippen LogP contribution in [0.25, 0.3) is 22.3 Å². The Bertz CT molecular complexity index is 1600. The summed E-state index contributed by atoms with van der Waals surface area (Å²) in [7, 11) is 4.77. The van der Waals surface area contributed by atoms with E-state index in [1.165, 1.54) is 11.8 Å². The van der Waals surface area contributed by atoms with E-state index in [4.69, 9.17) is 23.7 Å². The number of benzene rings is 3. The molecule has 0 fully saturated rings. The van der Waals surface area contributed by atoms with Crippen molar-refractivity contribution in [3.8, 4) is 28.6 Å². The van der Waals surface area contributed by atoms with Crippen molar-refractivity contribution in [1.29, 1.82) is 0 Å². The number of hydrogen-bond donors (Lipinski definition) is 0. The molecular formula is C27H24N4O5S. The lowest BCUT2D eigenvalue weighted by atomic mass is 10.2. The largest absolute Gasteiger partial charge is 0.497 e. The van der Waals surface area contributed by atoms with Crippen molar-refractivity contribution in [3.05, 3.63) is 88.5 Å². The monoisotopic (exact) mass is 516 g/mol. The summed E-state index contributed by atoms with van der Waals surface area (Å²) < 4.78 is 23.1. The van der Waals surface area contributed by atoms with Gasteiger partial charge in [0.15, 0.2) is 16.7 Å². The Morgan fingerprint density at radius 3 is 2.43 bits per heavy atom. The zero-order valence-electron chi connectivity index (χ0n) is 20.5. The molecule has 0 unspecified atom stereocenters. The highest BCUT2D eigenvalue weighted by Gasteiger charge is 2.16. The summed E-state index contributed by atoms with van der Waals surface area (Å²) in [5, 5.41) is 5.23. The van der Waals surface area contributed by atoms with Crippen LogP contribution in [0.5, 0.6) is 17.2 Å². The zero-order chi connectivity index (χ0) is 25.8. The summed E-state index contributed by atoms with van der Waals surface area (Å²) in [6.07, 6.45) is 0. The molecule has 0 bridgehead atoms. The van der Waals surface area contributed by atoms with Crippen LogP contribution < -0.4 is 19.8 Å². The number of ether oxygens (including phenoxy) is 3. The van der Waals surface area contributed by atoms with Crippen LogP contribution in [0.3, 0.4) is 0 Å². The van der Waals surface area contributed by atoms with Gasteiger partial charge in [-0.25, -0.2) is 4.98 Å². The van der Waals surface area contributed by atoms with Gasteiger partial charge in [-0.15, -0.1) is 0 Å². The first kappa shape index (κ1) is 24.4. The summed E-state index contributed by atoms with van der Waals surface area (Å²) in [5.74, 6) is 3.12. The van der Waals surface area contributed by atoms with Gasteiger partial charge in [0, 0.05) is 5.56 Å². The van der Waals surface area contributed by atoms with Crippen LogP contribution in [-0.2, 0) is 12.3 Å². The highest BCUT2D eigenvalue weighted by atomic mass is 32.2. The second-order valence-corrected chi connectivity index (χ2v) is 8.96. The standard InChI is InChI=1S/C27H24N4O5S/c1-33-19-11-8-17(9-12-19)15-31-26(32)20-6-4-5-7-21(20)28-27(31)37-16-24-29-25(30-36-24)18-10-13-22(34-2)23(14-18)35-3/h4-14H,15-16H2,1-3H3. The summed E-state index contributed by atoms with van der Waals surface area (Å²) in [6, 6.07) is 20.3. The van der Waals surface area contributed by atoms with Crippen molar-refractivity contribution in [1.82, 2.24) is 19.7 Å². The number of nitrogens with zero attached hydrogens (tertiary/aromatic N) is 4. The predicted molar refractivity (Wildman–Crippen MR) is 140 cm³/mol. The highest BCUT2D eigenvalue weighted by molar-refractivity contribution is 7.98. The van der Waals surface area contributed by atoms with Crippen molar-refractivity contribution in [2.24, 2.45) is 0 Å². The first-order chi connectivity index (χ1) is 18.1. The van der Waals surface area contributed by atoms with E-state index >= 15 is 0 Å². The average Bonchev–Trinajstić information content (AvgIpc) is 3.42. The molecule has 3 aromatic carbocycles. The Hall–Kier alpha value is -4.31. The number of methoxy groups -OCH3 is 3. The lowest BCUT2D eigenvalue weighted by Crippen LogP contribution is -2.24. The van der Waals surface area contributed by atoms with E-state index in [1.807, 2.05) is 48.5 Å². The number of para-hydroxylation sites is 1. The molecule has 188 valence electrons. The van der Waals surface area contributed by atoms with Gasteiger partial charge in [-0.3, -0.25) is 9.36 Å². The fraction of sp³-hybridized carbons (Fsp3) is 0.185. The minimum Gasteiger partial charge on any atom is -0.497 e. The second-order valence-electron chi connectivity index (χ2n) is 8.02. The average molecular weight is 517 g/mol. The molecule has 37 heavy (non-hydrogen) atoms. The fourth-order valence-electron chi connectivity index (χ4n) is 3.84. The molecule has 0 spiro atoms. The van der Waals surface area contributed by atoms with E-state index in [2.05, 4.69) is 10.1 Å². The molecule has 9 nitrogen and oxygen atoms in total. The maximum atomic E-state index is 13.4. The minimum absolute atomic E-state index is 0.111. The molecule has 2 aromatic heterocycles. The van der Waals surface area contributed by atoms with Crippen molar-refractivity contribution in [3.63, 3.8) is 0 Å². The lowest BCUT2D eigenvalue weighted by molar-refractivity contribution is 0.355. The van der Waals surface area contributed by atoms with Gasteiger partial charge in [0.1, 0.15) is 5.75 Å². The number of aromatic nitrogens is 4. The Morgan fingerprint density at radius 2 is 1.68 bits per heavy atom. The molecule has 2 heterocycles. The Morgan fingerprint density at radius 1 is 0.892 bits per heavy atom. The molecule has 0 aliphatic carbocycles. The van der Waals surface area contributed by atoms with E-state index in [0.717, 1.165) is 16.9 Å². The van der Waals surface area contributed by atoms with Gasteiger partial charge < -0.3 is 18.7 Å². The smallest absolute Gasteiger partial charge is 0.262 e. The second kappa shape index (κ2) is 10.8. The molecule has 5 aromatic rings. The molecule has 10 heteroatoms. The molecule has 0 aliphatic rings. The fourth-order valence-corrected chi connectivity index (χ4v) is 4.68. The van der Waals surface area contributed by atoms with Crippen LogP contribution in [-0.4, -0.2) is 41.0 Å². The summed E-state index contributed by atoms with van der Waals surface area (Å²) in [5.41, 5.74) is 2.21. The van der Waals surface area contributed by atoms with Gasteiger partial charge in [0.25, 0.3) is 5.56 Å². The van der Waals surface area contributed by atoms with Crippen LogP contribution in [0.2, 0.25) is 0 Å². The van der Waals surface area contributed by atoms with Crippen molar-refractivity contribution in [2.45, 2.75) is 17.5 Å². The van der Waals surface area contributed by atoms with Gasteiger partial charge in [-0.2, -0.15) is 4.98 Å². The van der Waals surface area contributed by atoms with Gasteiger partial charge in [-0.1, -0.05) is 41.2 Å². The van der Waals surface area contributed by atoms with Crippen LogP contribution in [0, 0.1) is 0 Å². The number of rotatable bonds is 9. The zero-order valence-corrected chi connectivity index (χ0v) is 21.3. The minimum atomic E-state index is -0.111. The molecular weight excluding hydrogens is 492 g/mol. The predicted octanol–water partition coefficient (Wildman–Crippen LogP) is 4.81. The van der Waals surface area contributed by atoms with Crippen LogP contribution in [0.15, 0.2) is 81.2 Å². The Labute approximate surface area is 217 Å². The van der Waals surface area contributed by atoms with E-state index in [1.54, 1.807) is 44.1 Å². The quantitative estimate of drug-likeness (QED) is 0.202. The Kier molecular flexibility index (Phi) is 7.09.